The van der Waals surface area contributed by atoms with E-state index in [2.05, 4.69) is 44.1 Å². The van der Waals surface area contributed by atoms with E-state index < -0.39 is 0 Å². The Morgan fingerprint density at radius 1 is 1.31 bits per heavy atom. The van der Waals surface area contributed by atoms with Gasteiger partial charge in [-0.05, 0) is 31.4 Å². The van der Waals surface area contributed by atoms with Crippen LogP contribution in [0.1, 0.15) is 33.3 Å². The number of aromatic nitrogens is 1. The van der Waals surface area contributed by atoms with Crippen LogP contribution in [-0.4, -0.2) is 17.6 Å². The number of ether oxygens (including phenoxy) is 1. The van der Waals surface area contributed by atoms with Gasteiger partial charge in [-0.3, -0.25) is 0 Å². The summed E-state index contributed by atoms with van der Waals surface area (Å²) in [6, 6.07) is 4.04. The van der Waals surface area contributed by atoms with Gasteiger partial charge >= 0.3 is 0 Å². The normalized spacial score (nSPS) is 12.8. The van der Waals surface area contributed by atoms with Gasteiger partial charge < -0.3 is 10.1 Å². The van der Waals surface area contributed by atoms with Crippen LogP contribution >= 0.6 is 0 Å². The molecule has 1 atom stereocenters. The Balaban J connectivity index is 2.43. The van der Waals surface area contributed by atoms with E-state index in [4.69, 9.17) is 4.74 Å². The molecule has 1 aromatic rings. The van der Waals surface area contributed by atoms with E-state index in [1.165, 1.54) is 0 Å². The fourth-order valence-electron chi connectivity index (χ4n) is 1.22. The molecule has 16 heavy (non-hydrogen) atoms. The molecule has 0 radical (unpaired) electrons. The monoisotopic (exact) mass is 222 g/mol. The summed E-state index contributed by atoms with van der Waals surface area (Å²) in [5, 5.41) is 3.17. The lowest BCUT2D eigenvalue weighted by Crippen LogP contribution is -2.15. The standard InChI is InChI=1S/C13H22N2O/c1-5-14-13-7-6-12(8-15-13)9-16-11(4)10(2)3/h6-8,10-11H,5,9H2,1-4H3,(H,14,15). The first-order chi connectivity index (χ1) is 7.63. The van der Waals surface area contributed by atoms with Crippen LogP contribution < -0.4 is 5.32 Å². The van der Waals surface area contributed by atoms with Crippen molar-refractivity contribution in [1.82, 2.24) is 4.98 Å². The van der Waals surface area contributed by atoms with E-state index in [0.717, 1.165) is 17.9 Å². The van der Waals surface area contributed by atoms with Crippen LogP contribution in [0.2, 0.25) is 0 Å². The summed E-state index contributed by atoms with van der Waals surface area (Å²) in [6.45, 7) is 10.0. The van der Waals surface area contributed by atoms with Crippen LogP contribution in [0.15, 0.2) is 18.3 Å². The van der Waals surface area contributed by atoms with Gasteiger partial charge in [-0.2, -0.15) is 0 Å². The van der Waals surface area contributed by atoms with Crippen molar-refractivity contribution in [1.29, 1.82) is 0 Å². The second-order valence-electron chi connectivity index (χ2n) is 4.34. The summed E-state index contributed by atoms with van der Waals surface area (Å²) in [4.78, 5) is 4.30. The predicted molar refractivity (Wildman–Crippen MR) is 67.5 cm³/mol. The van der Waals surface area contributed by atoms with Crippen molar-refractivity contribution < 1.29 is 4.74 Å². The Morgan fingerprint density at radius 2 is 2.06 bits per heavy atom. The van der Waals surface area contributed by atoms with Crippen LogP contribution in [0.25, 0.3) is 0 Å². The quantitative estimate of drug-likeness (QED) is 0.803. The fourth-order valence-corrected chi connectivity index (χ4v) is 1.22. The van der Waals surface area contributed by atoms with Gasteiger partial charge in [0.05, 0.1) is 12.7 Å². The minimum Gasteiger partial charge on any atom is -0.374 e. The molecule has 3 heteroatoms. The fraction of sp³-hybridized carbons (Fsp3) is 0.615. The highest BCUT2D eigenvalue weighted by Crippen LogP contribution is 2.10. The molecule has 1 rings (SSSR count). The summed E-state index contributed by atoms with van der Waals surface area (Å²) >= 11 is 0. The zero-order valence-electron chi connectivity index (χ0n) is 10.7. The number of rotatable bonds is 6. The second-order valence-corrected chi connectivity index (χ2v) is 4.34. The van der Waals surface area contributed by atoms with Gasteiger partial charge in [0.2, 0.25) is 0 Å². The van der Waals surface area contributed by atoms with E-state index in [9.17, 15) is 0 Å². The minimum atomic E-state index is 0.286. The van der Waals surface area contributed by atoms with Crippen molar-refractivity contribution >= 4 is 5.82 Å². The number of hydrogen-bond donors (Lipinski definition) is 1. The van der Waals surface area contributed by atoms with E-state index in [0.29, 0.717) is 12.5 Å². The van der Waals surface area contributed by atoms with Crippen LogP contribution in [0, 0.1) is 5.92 Å². The summed E-state index contributed by atoms with van der Waals surface area (Å²) in [6.07, 6.45) is 2.15. The lowest BCUT2D eigenvalue weighted by atomic mass is 10.1. The molecule has 3 nitrogen and oxygen atoms in total. The second kappa shape index (κ2) is 6.48. The maximum Gasteiger partial charge on any atom is 0.125 e. The third-order valence-electron chi connectivity index (χ3n) is 2.63. The van der Waals surface area contributed by atoms with Gasteiger partial charge in [-0.25, -0.2) is 4.98 Å². The van der Waals surface area contributed by atoms with E-state index in [1.54, 1.807) is 0 Å². The molecule has 0 fully saturated rings. The van der Waals surface area contributed by atoms with Gasteiger partial charge in [0.15, 0.2) is 0 Å². The van der Waals surface area contributed by atoms with Crippen molar-refractivity contribution in [3.63, 3.8) is 0 Å². The Morgan fingerprint density at radius 3 is 2.56 bits per heavy atom. The average Bonchev–Trinajstić information content (AvgIpc) is 2.28. The largest absolute Gasteiger partial charge is 0.374 e. The Hall–Kier alpha value is -1.09. The van der Waals surface area contributed by atoms with Crippen LogP contribution in [-0.2, 0) is 11.3 Å². The molecule has 0 saturated carbocycles. The number of pyridine rings is 1. The number of anilines is 1. The van der Waals surface area contributed by atoms with Gasteiger partial charge in [0.25, 0.3) is 0 Å². The maximum absolute atomic E-state index is 5.73. The smallest absolute Gasteiger partial charge is 0.125 e. The topological polar surface area (TPSA) is 34.1 Å². The maximum atomic E-state index is 5.73. The van der Waals surface area contributed by atoms with Crippen LogP contribution in [0.5, 0.6) is 0 Å². The van der Waals surface area contributed by atoms with Crippen molar-refractivity contribution in [3.05, 3.63) is 23.9 Å². The van der Waals surface area contributed by atoms with Gasteiger partial charge in [-0.1, -0.05) is 19.9 Å². The van der Waals surface area contributed by atoms with Gasteiger partial charge in [0.1, 0.15) is 5.82 Å². The van der Waals surface area contributed by atoms with Crippen LogP contribution in [0.3, 0.4) is 0 Å². The lowest BCUT2D eigenvalue weighted by Gasteiger charge is -2.16. The summed E-state index contributed by atoms with van der Waals surface area (Å²) in [7, 11) is 0. The third-order valence-corrected chi connectivity index (χ3v) is 2.63. The molecule has 0 aliphatic carbocycles. The number of nitrogens with one attached hydrogen (secondary N) is 1. The molecule has 0 spiro atoms. The van der Waals surface area contributed by atoms with Crippen molar-refractivity contribution in [3.8, 4) is 0 Å². The van der Waals surface area contributed by atoms with E-state index >= 15 is 0 Å². The number of hydrogen-bond acceptors (Lipinski definition) is 3. The zero-order valence-corrected chi connectivity index (χ0v) is 10.7. The minimum absolute atomic E-state index is 0.286. The van der Waals surface area contributed by atoms with Crippen molar-refractivity contribution in [2.24, 2.45) is 5.92 Å². The Kier molecular flexibility index (Phi) is 5.26. The first-order valence-electron chi connectivity index (χ1n) is 5.94. The van der Waals surface area contributed by atoms with Crippen LogP contribution in [0.4, 0.5) is 5.82 Å². The Bertz CT molecular complexity index is 295. The molecule has 1 heterocycles. The molecule has 0 bridgehead atoms. The molecular weight excluding hydrogens is 200 g/mol. The first-order valence-corrected chi connectivity index (χ1v) is 5.94. The highest BCUT2D eigenvalue weighted by atomic mass is 16.5. The van der Waals surface area contributed by atoms with E-state index in [1.807, 2.05) is 12.3 Å². The summed E-state index contributed by atoms with van der Waals surface area (Å²) in [5.41, 5.74) is 1.12. The van der Waals surface area contributed by atoms with Crippen molar-refractivity contribution in [2.45, 2.75) is 40.4 Å². The van der Waals surface area contributed by atoms with Gasteiger partial charge in [-0.15, -0.1) is 0 Å². The zero-order chi connectivity index (χ0) is 12.0. The highest BCUT2D eigenvalue weighted by molar-refractivity contribution is 5.34. The summed E-state index contributed by atoms with van der Waals surface area (Å²) in [5.74, 6) is 1.47. The SMILES string of the molecule is CCNc1ccc(COC(C)C(C)C)cn1. The molecule has 90 valence electrons. The predicted octanol–water partition coefficient (Wildman–Crippen LogP) is 3.07. The first kappa shape index (κ1) is 13.0. The van der Waals surface area contributed by atoms with E-state index in [-0.39, 0.29) is 6.10 Å². The van der Waals surface area contributed by atoms with Gasteiger partial charge in [0, 0.05) is 12.7 Å². The molecule has 0 aliphatic heterocycles. The molecule has 1 N–H and O–H groups in total. The molecule has 0 aromatic carbocycles. The average molecular weight is 222 g/mol. The molecule has 0 amide bonds. The molecule has 0 saturated heterocycles. The number of nitrogens with zero attached hydrogens (tertiary/aromatic N) is 1. The molecule has 0 aliphatic rings. The third kappa shape index (κ3) is 4.19. The molecule has 1 aromatic heterocycles. The highest BCUT2D eigenvalue weighted by Gasteiger charge is 2.07. The van der Waals surface area contributed by atoms with Crippen molar-refractivity contribution in [2.75, 3.05) is 11.9 Å². The Labute approximate surface area is 98.2 Å². The summed E-state index contributed by atoms with van der Waals surface area (Å²) < 4.78 is 5.73. The molecule has 1 unspecified atom stereocenters. The molecular formula is C13H22N2O. The lowest BCUT2D eigenvalue weighted by molar-refractivity contribution is 0.0234.